The van der Waals surface area contributed by atoms with Gasteiger partial charge in [-0.15, -0.1) is 0 Å². The Labute approximate surface area is 149 Å². The summed E-state index contributed by atoms with van der Waals surface area (Å²) < 4.78 is 0. The molecule has 0 bridgehead atoms. The van der Waals surface area contributed by atoms with Crippen LogP contribution in [0, 0.1) is 0 Å². The number of nitrogens with one attached hydrogen (secondary N) is 1. The fourth-order valence-electron chi connectivity index (χ4n) is 3.24. The van der Waals surface area contributed by atoms with E-state index in [1.807, 2.05) is 12.1 Å². The molecule has 5 heteroatoms. The number of hydrogen-bond acceptors (Lipinski definition) is 4. The quantitative estimate of drug-likeness (QED) is 0.430. The van der Waals surface area contributed by atoms with Gasteiger partial charge in [0.25, 0.3) is 0 Å². The minimum atomic E-state index is -0.864. The van der Waals surface area contributed by atoms with Crippen molar-refractivity contribution in [2.24, 2.45) is 0 Å². The van der Waals surface area contributed by atoms with Gasteiger partial charge in [0.1, 0.15) is 0 Å². The van der Waals surface area contributed by atoms with E-state index in [0.29, 0.717) is 0 Å². The van der Waals surface area contributed by atoms with Crippen molar-refractivity contribution in [2.45, 2.75) is 38.5 Å². The lowest BCUT2D eigenvalue weighted by atomic mass is 10.2. The molecular weight excluding hydrogens is 312 g/mol. The molecule has 2 rings (SSSR count). The van der Waals surface area contributed by atoms with Crippen LogP contribution in [0.2, 0.25) is 25.7 Å². The second kappa shape index (κ2) is 9.44. The van der Waals surface area contributed by atoms with Crippen LogP contribution in [0.3, 0.4) is 0 Å². The molecule has 1 fully saturated rings. The lowest BCUT2D eigenvalue weighted by Crippen LogP contribution is -2.36. The number of benzene rings is 1. The average molecular weight is 349 g/mol. The lowest BCUT2D eigenvalue weighted by Gasteiger charge is -2.24. The topological polar surface area (TPSA) is 44.5 Å². The summed E-state index contributed by atoms with van der Waals surface area (Å²) in [4.78, 5) is 5.09. The molecule has 24 heavy (non-hydrogen) atoms. The minimum absolute atomic E-state index is 0.843. The van der Waals surface area contributed by atoms with E-state index in [0.717, 1.165) is 31.9 Å². The second-order valence-corrected chi connectivity index (χ2v) is 13.8. The van der Waals surface area contributed by atoms with E-state index in [1.54, 1.807) is 0 Å². The van der Waals surface area contributed by atoms with Crippen LogP contribution < -0.4 is 16.0 Å². The predicted octanol–water partition coefficient (Wildman–Crippen LogP) is 3.10. The van der Waals surface area contributed by atoms with Crippen LogP contribution in [0.1, 0.15) is 12.8 Å². The van der Waals surface area contributed by atoms with Gasteiger partial charge in [-0.2, -0.15) is 0 Å². The SMILES string of the molecule is C[Si](C)(C)CCCNCCN1CCCN(c2ccc(N)cc2)CC1. The maximum absolute atomic E-state index is 5.79. The molecule has 0 atom stereocenters. The van der Waals surface area contributed by atoms with Crippen LogP contribution in [0.25, 0.3) is 0 Å². The monoisotopic (exact) mass is 348 g/mol. The summed E-state index contributed by atoms with van der Waals surface area (Å²) in [6.45, 7) is 15.4. The molecule has 1 saturated heterocycles. The third kappa shape index (κ3) is 7.24. The third-order valence-corrected chi connectivity index (χ3v) is 6.59. The molecular formula is C19H36N4Si. The summed E-state index contributed by atoms with van der Waals surface area (Å²) in [7, 11) is -0.864. The van der Waals surface area contributed by atoms with Crippen LogP contribution in [0.5, 0.6) is 0 Å². The molecule has 1 aliphatic rings. The predicted molar refractivity (Wildman–Crippen MR) is 110 cm³/mol. The van der Waals surface area contributed by atoms with E-state index >= 15 is 0 Å². The van der Waals surface area contributed by atoms with Crippen molar-refractivity contribution < 1.29 is 0 Å². The van der Waals surface area contributed by atoms with Gasteiger partial charge < -0.3 is 20.9 Å². The molecule has 0 saturated carbocycles. The molecule has 0 aliphatic carbocycles. The van der Waals surface area contributed by atoms with Crippen molar-refractivity contribution in [1.82, 2.24) is 10.2 Å². The van der Waals surface area contributed by atoms with Gasteiger partial charge in [-0.3, -0.25) is 0 Å². The number of hydrogen-bond donors (Lipinski definition) is 2. The highest BCUT2D eigenvalue weighted by Crippen LogP contribution is 2.18. The molecule has 0 spiro atoms. The summed E-state index contributed by atoms with van der Waals surface area (Å²) in [6, 6.07) is 9.72. The first-order valence-electron chi connectivity index (χ1n) is 9.48. The first-order valence-corrected chi connectivity index (χ1v) is 13.2. The van der Waals surface area contributed by atoms with Crippen molar-refractivity contribution in [3.63, 3.8) is 0 Å². The Morgan fingerprint density at radius 1 is 1.00 bits per heavy atom. The van der Waals surface area contributed by atoms with Crippen LogP contribution in [-0.2, 0) is 0 Å². The smallest absolute Gasteiger partial charge is 0.0443 e. The third-order valence-electron chi connectivity index (χ3n) is 4.73. The molecule has 1 heterocycles. The number of anilines is 2. The van der Waals surface area contributed by atoms with Gasteiger partial charge in [-0.1, -0.05) is 25.7 Å². The molecule has 0 aromatic heterocycles. The summed E-state index contributed by atoms with van der Waals surface area (Å²) in [5, 5.41) is 3.63. The van der Waals surface area contributed by atoms with Crippen LogP contribution >= 0.6 is 0 Å². The summed E-state index contributed by atoms with van der Waals surface area (Å²) in [5.74, 6) is 0. The van der Waals surface area contributed by atoms with E-state index < -0.39 is 8.07 Å². The summed E-state index contributed by atoms with van der Waals surface area (Å²) in [5.41, 5.74) is 7.94. The Bertz CT molecular complexity index is 469. The van der Waals surface area contributed by atoms with Crippen LogP contribution in [-0.4, -0.2) is 58.8 Å². The first kappa shape index (κ1) is 19.3. The van der Waals surface area contributed by atoms with E-state index in [-0.39, 0.29) is 0 Å². The molecule has 136 valence electrons. The highest BCUT2D eigenvalue weighted by atomic mass is 28.3. The zero-order valence-corrected chi connectivity index (χ0v) is 16.9. The summed E-state index contributed by atoms with van der Waals surface area (Å²) in [6.07, 6.45) is 2.57. The normalized spacial score (nSPS) is 17.0. The van der Waals surface area contributed by atoms with E-state index in [4.69, 9.17) is 5.73 Å². The van der Waals surface area contributed by atoms with Crippen molar-refractivity contribution in [3.05, 3.63) is 24.3 Å². The molecule has 0 radical (unpaired) electrons. The second-order valence-electron chi connectivity index (χ2n) is 8.19. The number of nitrogens with zero attached hydrogens (tertiary/aromatic N) is 2. The fourth-order valence-corrected chi connectivity index (χ4v) is 4.48. The molecule has 3 N–H and O–H groups in total. The van der Waals surface area contributed by atoms with Crippen LogP contribution in [0.4, 0.5) is 11.4 Å². The van der Waals surface area contributed by atoms with Gasteiger partial charge in [0.2, 0.25) is 0 Å². The standard InChI is InChI=1S/C19H36N4Si/c1-24(2,3)17-4-10-21-11-14-22-12-5-13-23(16-15-22)19-8-6-18(20)7-9-19/h6-9,21H,4-5,10-17,20H2,1-3H3. The highest BCUT2D eigenvalue weighted by Gasteiger charge is 2.15. The van der Waals surface area contributed by atoms with Crippen molar-refractivity contribution in [1.29, 1.82) is 0 Å². The maximum atomic E-state index is 5.79. The van der Waals surface area contributed by atoms with Gasteiger partial charge in [-0.05, 0) is 50.2 Å². The highest BCUT2D eigenvalue weighted by molar-refractivity contribution is 6.76. The van der Waals surface area contributed by atoms with Gasteiger partial charge in [0.05, 0.1) is 0 Å². The van der Waals surface area contributed by atoms with Crippen molar-refractivity contribution in [3.8, 4) is 0 Å². The Morgan fingerprint density at radius 3 is 2.46 bits per heavy atom. The maximum Gasteiger partial charge on any atom is 0.0443 e. The Morgan fingerprint density at radius 2 is 1.75 bits per heavy atom. The van der Waals surface area contributed by atoms with Gasteiger partial charge in [-0.25, -0.2) is 0 Å². The number of rotatable bonds is 8. The number of nitrogens with two attached hydrogens (primary N) is 1. The molecule has 1 aromatic carbocycles. The van der Waals surface area contributed by atoms with Crippen LogP contribution in [0.15, 0.2) is 24.3 Å². The fraction of sp³-hybridized carbons (Fsp3) is 0.684. The molecule has 1 aromatic rings. The van der Waals surface area contributed by atoms with Gasteiger partial charge in [0.15, 0.2) is 0 Å². The van der Waals surface area contributed by atoms with E-state index in [9.17, 15) is 0 Å². The van der Waals surface area contributed by atoms with E-state index in [1.165, 1.54) is 44.2 Å². The summed E-state index contributed by atoms with van der Waals surface area (Å²) >= 11 is 0. The van der Waals surface area contributed by atoms with Crippen molar-refractivity contribution >= 4 is 19.4 Å². The van der Waals surface area contributed by atoms with E-state index in [2.05, 4.69) is 46.9 Å². The molecule has 1 aliphatic heterocycles. The molecule has 4 nitrogen and oxygen atoms in total. The Hall–Kier alpha value is -1.04. The molecule has 0 unspecified atom stereocenters. The first-order chi connectivity index (χ1) is 11.4. The average Bonchev–Trinajstić information content (AvgIpc) is 2.76. The lowest BCUT2D eigenvalue weighted by molar-refractivity contribution is 0.292. The zero-order valence-electron chi connectivity index (χ0n) is 15.9. The Kier molecular flexibility index (Phi) is 7.59. The van der Waals surface area contributed by atoms with Gasteiger partial charge >= 0.3 is 0 Å². The Balaban J connectivity index is 1.63. The largest absolute Gasteiger partial charge is 0.399 e. The van der Waals surface area contributed by atoms with Crippen molar-refractivity contribution in [2.75, 3.05) is 56.4 Å². The van der Waals surface area contributed by atoms with Gasteiger partial charge in [0, 0.05) is 52.2 Å². The molecule has 0 amide bonds. The zero-order chi connectivity index (χ0) is 17.4. The number of nitrogen functional groups attached to an aromatic ring is 1. The minimum Gasteiger partial charge on any atom is -0.399 e.